The molecule has 35 valence electrons. The maximum atomic E-state index is 4.22. The summed E-state index contributed by atoms with van der Waals surface area (Å²) in [6, 6.07) is 0. The van der Waals surface area contributed by atoms with Crippen molar-refractivity contribution in [2.45, 2.75) is 23.0 Å². The van der Waals surface area contributed by atoms with E-state index in [1.165, 1.54) is 12.8 Å². The molecule has 0 heterocycles. The Labute approximate surface area is 58.2 Å². The molecular formula is C4H9SSn. The molecule has 3 radical (unpaired) electrons. The Morgan fingerprint density at radius 1 is 1.83 bits per heavy atom. The van der Waals surface area contributed by atoms with Crippen LogP contribution in [0.5, 0.6) is 0 Å². The molecule has 0 amide bonds. The topological polar surface area (TPSA) is 0 Å². The van der Waals surface area contributed by atoms with Crippen molar-refractivity contribution < 1.29 is 0 Å². The average Bonchev–Trinajstić information content (AvgIpc) is 1.35. The molecule has 0 bridgehead atoms. The van der Waals surface area contributed by atoms with Crippen LogP contribution in [0.4, 0.5) is 0 Å². The van der Waals surface area contributed by atoms with E-state index in [-0.39, 0.29) is 0 Å². The van der Waals surface area contributed by atoms with Crippen molar-refractivity contribution in [2.75, 3.05) is 0 Å². The van der Waals surface area contributed by atoms with Gasteiger partial charge in [-0.3, -0.25) is 0 Å². The van der Waals surface area contributed by atoms with Crippen LogP contribution in [0.3, 0.4) is 0 Å². The molecule has 0 rings (SSSR count). The standard InChI is InChI=1S/C4H9S.Sn/c1-2-3-4-5;/h4-5H,2-3H2,1H3;. The summed E-state index contributed by atoms with van der Waals surface area (Å²) in [5.41, 5.74) is 0. The zero-order valence-electron chi connectivity index (χ0n) is 3.94. The fourth-order valence-corrected chi connectivity index (χ4v) is 1.36. The summed E-state index contributed by atoms with van der Waals surface area (Å²) >= 11 is 5.77. The van der Waals surface area contributed by atoms with Gasteiger partial charge < -0.3 is 0 Å². The zero-order valence-corrected chi connectivity index (χ0v) is 7.69. The van der Waals surface area contributed by atoms with Gasteiger partial charge >= 0.3 is 58.2 Å². The van der Waals surface area contributed by atoms with Crippen LogP contribution in [0, 0.1) is 0 Å². The van der Waals surface area contributed by atoms with E-state index in [0.29, 0.717) is 3.27 Å². The number of hydrogen-bond donors (Lipinski definition) is 1. The molecular weight excluding hydrogens is 199 g/mol. The van der Waals surface area contributed by atoms with Gasteiger partial charge in [0, 0.05) is 0 Å². The minimum atomic E-state index is 0.683. The van der Waals surface area contributed by atoms with E-state index in [1.807, 2.05) is 0 Å². The molecule has 0 N–H and O–H groups in total. The molecule has 1 atom stereocenters. The predicted octanol–water partition coefficient (Wildman–Crippen LogP) is 1.21. The summed E-state index contributed by atoms with van der Waals surface area (Å²) in [4.78, 5) is 0. The van der Waals surface area contributed by atoms with Crippen LogP contribution in [-0.2, 0) is 0 Å². The van der Waals surface area contributed by atoms with E-state index in [2.05, 4.69) is 19.6 Å². The molecule has 0 fully saturated rings. The SMILES string of the molecule is CCC[CH](S)[Sn]. The summed E-state index contributed by atoms with van der Waals surface area (Å²) in [7, 11) is 0. The van der Waals surface area contributed by atoms with Gasteiger partial charge in [-0.25, -0.2) is 0 Å². The quantitative estimate of drug-likeness (QED) is 0.511. The molecule has 0 aliphatic carbocycles. The third kappa shape index (κ3) is 5.15. The molecule has 6 heavy (non-hydrogen) atoms. The fraction of sp³-hybridized carbons (Fsp3) is 1.00. The second-order valence-electron chi connectivity index (χ2n) is 1.30. The first-order valence-corrected chi connectivity index (χ1v) is 4.33. The maximum absolute atomic E-state index is 4.22. The molecule has 0 aromatic rings. The van der Waals surface area contributed by atoms with Crippen molar-refractivity contribution in [1.29, 1.82) is 0 Å². The monoisotopic (exact) mass is 209 g/mol. The summed E-state index contributed by atoms with van der Waals surface area (Å²) in [6.07, 6.45) is 2.56. The van der Waals surface area contributed by atoms with Crippen LogP contribution in [0.1, 0.15) is 19.8 Å². The van der Waals surface area contributed by atoms with Gasteiger partial charge in [0.25, 0.3) is 0 Å². The van der Waals surface area contributed by atoms with Crippen molar-refractivity contribution in [3.63, 3.8) is 0 Å². The molecule has 0 nitrogen and oxygen atoms in total. The van der Waals surface area contributed by atoms with Crippen LogP contribution in [-0.4, -0.2) is 25.8 Å². The first-order valence-electron chi connectivity index (χ1n) is 2.16. The number of thiol groups is 1. The Morgan fingerprint density at radius 3 is 2.33 bits per heavy atom. The first kappa shape index (κ1) is 7.15. The average molecular weight is 208 g/mol. The summed E-state index contributed by atoms with van der Waals surface area (Å²) in [5.74, 6) is 0. The van der Waals surface area contributed by atoms with Crippen molar-refractivity contribution in [1.82, 2.24) is 0 Å². The van der Waals surface area contributed by atoms with Gasteiger partial charge in [-0.2, -0.15) is 0 Å². The van der Waals surface area contributed by atoms with Crippen molar-refractivity contribution in [3.8, 4) is 0 Å². The molecule has 1 unspecified atom stereocenters. The third-order valence-electron chi connectivity index (χ3n) is 0.562. The molecule has 0 aliphatic heterocycles. The van der Waals surface area contributed by atoms with E-state index >= 15 is 0 Å². The Kier molecular flexibility index (Phi) is 5.14. The van der Waals surface area contributed by atoms with Gasteiger partial charge in [0.1, 0.15) is 0 Å². The van der Waals surface area contributed by atoms with E-state index in [9.17, 15) is 0 Å². The molecule has 2 heteroatoms. The fourth-order valence-electron chi connectivity index (χ4n) is 0.273. The van der Waals surface area contributed by atoms with Gasteiger partial charge in [-0.15, -0.1) is 0 Å². The van der Waals surface area contributed by atoms with Gasteiger partial charge in [0.2, 0.25) is 0 Å². The van der Waals surface area contributed by atoms with E-state index in [1.54, 1.807) is 22.5 Å². The number of rotatable bonds is 2. The van der Waals surface area contributed by atoms with E-state index in [4.69, 9.17) is 0 Å². The van der Waals surface area contributed by atoms with Gasteiger partial charge in [0.05, 0.1) is 0 Å². The summed E-state index contributed by atoms with van der Waals surface area (Å²) in [5, 5.41) is 0. The first-order chi connectivity index (χ1) is 2.77. The predicted molar refractivity (Wildman–Crippen MR) is 33.4 cm³/mol. The molecule has 0 saturated carbocycles. The summed E-state index contributed by atoms with van der Waals surface area (Å²) < 4.78 is 0.683. The van der Waals surface area contributed by atoms with E-state index < -0.39 is 0 Å². The van der Waals surface area contributed by atoms with Gasteiger partial charge in [0.15, 0.2) is 0 Å². The van der Waals surface area contributed by atoms with Crippen LogP contribution >= 0.6 is 12.6 Å². The van der Waals surface area contributed by atoms with Crippen LogP contribution in [0.2, 0.25) is 0 Å². The van der Waals surface area contributed by atoms with Crippen LogP contribution in [0.25, 0.3) is 0 Å². The molecule has 0 spiro atoms. The van der Waals surface area contributed by atoms with Gasteiger partial charge in [-0.05, 0) is 0 Å². The second kappa shape index (κ2) is 4.31. The normalized spacial score (nSPS) is 14.5. The van der Waals surface area contributed by atoms with Crippen molar-refractivity contribution >= 4 is 35.2 Å². The van der Waals surface area contributed by atoms with E-state index in [0.717, 1.165) is 0 Å². The Bertz CT molecular complexity index is 28.7. The second-order valence-corrected chi connectivity index (χ2v) is 5.30. The molecule has 0 aromatic carbocycles. The minimum absolute atomic E-state index is 0.683. The summed E-state index contributed by atoms with van der Waals surface area (Å²) in [6.45, 7) is 2.19. The van der Waals surface area contributed by atoms with Crippen molar-refractivity contribution in [3.05, 3.63) is 0 Å². The van der Waals surface area contributed by atoms with Crippen LogP contribution in [0.15, 0.2) is 0 Å². The molecule has 0 saturated heterocycles. The van der Waals surface area contributed by atoms with Crippen molar-refractivity contribution in [2.24, 2.45) is 0 Å². The van der Waals surface area contributed by atoms with Crippen LogP contribution < -0.4 is 0 Å². The Morgan fingerprint density at radius 2 is 2.33 bits per heavy atom. The van der Waals surface area contributed by atoms with Gasteiger partial charge in [-0.1, -0.05) is 0 Å². The zero-order chi connectivity index (χ0) is 4.99. The Hall–Kier alpha value is 1.15. The molecule has 0 aromatic heterocycles. The Balaban J connectivity index is 2.63. The third-order valence-corrected chi connectivity index (χ3v) is 1.64. The molecule has 0 aliphatic rings. The number of hydrogen-bond acceptors (Lipinski definition) is 1.